The summed E-state index contributed by atoms with van der Waals surface area (Å²) in [6.07, 6.45) is 3.69. The Balaban J connectivity index is 1.19. The van der Waals surface area contributed by atoms with Crippen molar-refractivity contribution < 1.29 is 19.1 Å². The molecular weight excluding hydrogens is 478 g/mol. The van der Waals surface area contributed by atoms with Crippen LogP contribution in [0.15, 0.2) is 72.9 Å². The Morgan fingerprint density at radius 3 is 2.68 bits per heavy atom. The average Bonchev–Trinajstić information content (AvgIpc) is 3.52. The molecule has 2 bridgehead atoms. The third kappa shape index (κ3) is 3.13. The van der Waals surface area contributed by atoms with Gasteiger partial charge in [0.2, 0.25) is 11.8 Å². The first-order valence-corrected chi connectivity index (χ1v) is 12.9. The summed E-state index contributed by atoms with van der Waals surface area (Å²) in [5, 5.41) is 12.0. The predicted octanol–water partition coefficient (Wildman–Crippen LogP) is 5.16. The van der Waals surface area contributed by atoms with Crippen LogP contribution in [0, 0.1) is 23.2 Å². The van der Waals surface area contributed by atoms with Crippen molar-refractivity contribution in [2.24, 2.45) is 11.8 Å². The number of benzene rings is 3. The van der Waals surface area contributed by atoms with Crippen molar-refractivity contribution in [3.63, 3.8) is 0 Å². The summed E-state index contributed by atoms with van der Waals surface area (Å²) < 4.78 is 12.7. The molecule has 0 N–H and O–H groups in total. The predicted molar refractivity (Wildman–Crippen MR) is 141 cm³/mol. The largest absolute Gasteiger partial charge is 0.493 e. The number of carbonyl (C=O) groups is 2. The molecule has 0 radical (unpaired) electrons. The summed E-state index contributed by atoms with van der Waals surface area (Å²) >= 11 is 0. The molecule has 3 aromatic carbocycles. The monoisotopic (exact) mass is 503 g/mol. The topological polar surface area (TPSA) is 92.5 Å². The Bertz CT molecular complexity index is 1690. The fourth-order valence-electron chi connectivity index (χ4n) is 6.91. The second kappa shape index (κ2) is 8.11. The number of fused-ring (bicyclic) bond motifs is 7. The van der Waals surface area contributed by atoms with Gasteiger partial charge in [-0.2, -0.15) is 5.26 Å². The van der Waals surface area contributed by atoms with E-state index in [9.17, 15) is 14.9 Å². The van der Waals surface area contributed by atoms with Crippen LogP contribution in [0.3, 0.4) is 0 Å². The Kier molecular flexibility index (Phi) is 4.88. The highest BCUT2D eigenvalue weighted by Gasteiger charge is 2.73. The highest BCUT2D eigenvalue weighted by Crippen LogP contribution is 2.62. The Morgan fingerprint density at radius 2 is 1.84 bits per heavy atom. The molecule has 3 aliphatic rings. The number of imide groups is 1. The number of carbonyl (C=O) groups excluding carboxylic acids is 2. The summed E-state index contributed by atoms with van der Waals surface area (Å²) in [7, 11) is 0. The number of hydrogen-bond acceptors (Lipinski definition) is 6. The van der Waals surface area contributed by atoms with Gasteiger partial charge in [-0.1, -0.05) is 30.3 Å². The quantitative estimate of drug-likeness (QED) is 0.350. The van der Waals surface area contributed by atoms with Gasteiger partial charge in [0.1, 0.15) is 5.75 Å². The molecule has 7 rings (SSSR count). The SMILES string of the molecule is C[C@]12CC[C@](CCOc3ccc4ncccc4c3)(O1)[C@@H]1C(=O)N(c3ccc(C#N)c4ccccc34)C(=O)[C@@H]12. The first kappa shape index (κ1) is 22.9. The zero-order valence-corrected chi connectivity index (χ0v) is 20.9. The number of pyridine rings is 1. The van der Waals surface area contributed by atoms with Gasteiger partial charge in [0.25, 0.3) is 0 Å². The minimum atomic E-state index is -0.748. The van der Waals surface area contributed by atoms with Crippen LogP contribution < -0.4 is 9.64 Å². The van der Waals surface area contributed by atoms with E-state index in [2.05, 4.69) is 11.1 Å². The van der Waals surface area contributed by atoms with Crippen molar-refractivity contribution in [1.82, 2.24) is 4.98 Å². The molecule has 0 saturated carbocycles. The third-order valence-corrected chi connectivity index (χ3v) is 8.64. The third-order valence-electron chi connectivity index (χ3n) is 8.64. The van der Waals surface area contributed by atoms with Crippen molar-refractivity contribution in [1.29, 1.82) is 5.26 Å². The van der Waals surface area contributed by atoms with Gasteiger partial charge in [0.05, 0.1) is 52.5 Å². The van der Waals surface area contributed by atoms with Gasteiger partial charge in [-0.25, -0.2) is 4.90 Å². The molecule has 188 valence electrons. The van der Waals surface area contributed by atoms with Crippen LogP contribution in [0.25, 0.3) is 21.7 Å². The molecule has 4 heterocycles. The summed E-state index contributed by atoms with van der Waals surface area (Å²) in [5.74, 6) is -0.814. The second-order valence-electron chi connectivity index (χ2n) is 10.7. The molecule has 7 nitrogen and oxygen atoms in total. The number of ether oxygens (including phenoxy) is 2. The van der Waals surface area contributed by atoms with E-state index in [4.69, 9.17) is 9.47 Å². The van der Waals surface area contributed by atoms with Gasteiger partial charge in [-0.15, -0.1) is 0 Å². The number of rotatable bonds is 5. The lowest BCUT2D eigenvalue weighted by molar-refractivity contribution is -0.131. The highest BCUT2D eigenvalue weighted by molar-refractivity contribution is 6.26. The minimum Gasteiger partial charge on any atom is -0.493 e. The summed E-state index contributed by atoms with van der Waals surface area (Å²) in [4.78, 5) is 33.6. The fraction of sp³-hybridized carbons (Fsp3) is 0.290. The van der Waals surface area contributed by atoms with Gasteiger partial charge in [0.15, 0.2) is 0 Å². The second-order valence-corrected chi connectivity index (χ2v) is 10.7. The average molecular weight is 504 g/mol. The number of amides is 2. The van der Waals surface area contributed by atoms with E-state index in [0.717, 1.165) is 33.8 Å². The van der Waals surface area contributed by atoms with Gasteiger partial charge >= 0.3 is 0 Å². The molecule has 0 aliphatic carbocycles. The van der Waals surface area contributed by atoms with E-state index in [1.54, 1.807) is 18.3 Å². The summed E-state index contributed by atoms with van der Waals surface area (Å²) in [5.41, 5.74) is 0.503. The maximum atomic E-state index is 14.0. The Morgan fingerprint density at radius 1 is 1.03 bits per heavy atom. The standard InChI is InChI=1S/C31H25N3O4/c1-30-12-13-31(38-30,14-16-37-21-9-10-24-19(17-21)5-4-15-33-24)27-26(30)28(35)34(29(27)36)25-11-8-20(18-32)22-6-2-3-7-23(22)25/h2-11,15,17,26-27H,12-14,16H2,1H3/t26-,27+,30-,31-/m1/s1. The normalized spacial score (nSPS) is 27.7. The summed E-state index contributed by atoms with van der Waals surface area (Å²) in [6, 6.07) is 22.7. The van der Waals surface area contributed by atoms with E-state index < -0.39 is 23.0 Å². The van der Waals surface area contributed by atoms with Crippen LogP contribution in [-0.2, 0) is 14.3 Å². The number of nitrogens with zero attached hydrogens (tertiary/aromatic N) is 3. The van der Waals surface area contributed by atoms with Crippen LogP contribution in [0.1, 0.15) is 31.7 Å². The maximum Gasteiger partial charge on any atom is 0.240 e. The lowest BCUT2D eigenvalue weighted by Gasteiger charge is -2.31. The number of hydrogen-bond donors (Lipinski definition) is 0. The van der Waals surface area contributed by atoms with Gasteiger partial charge in [-0.3, -0.25) is 14.6 Å². The zero-order valence-electron chi connectivity index (χ0n) is 20.9. The molecule has 3 saturated heterocycles. The molecule has 4 atom stereocenters. The zero-order chi connectivity index (χ0) is 26.1. The van der Waals surface area contributed by atoms with Crippen LogP contribution in [0.4, 0.5) is 5.69 Å². The minimum absolute atomic E-state index is 0.220. The van der Waals surface area contributed by atoms with Gasteiger partial charge in [-0.05, 0) is 56.2 Å². The molecule has 2 amide bonds. The molecule has 1 aromatic heterocycles. The summed E-state index contributed by atoms with van der Waals surface area (Å²) in [6.45, 7) is 2.33. The number of aromatic nitrogens is 1. The van der Waals surface area contributed by atoms with Crippen molar-refractivity contribution in [3.05, 3.63) is 78.5 Å². The van der Waals surface area contributed by atoms with Crippen LogP contribution in [-0.4, -0.2) is 34.6 Å². The van der Waals surface area contributed by atoms with E-state index in [1.807, 2.05) is 61.5 Å². The van der Waals surface area contributed by atoms with E-state index in [1.165, 1.54) is 4.90 Å². The molecule has 0 unspecified atom stereocenters. The van der Waals surface area contributed by atoms with Crippen molar-refractivity contribution in [2.45, 2.75) is 37.4 Å². The number of nitriles is 1. The lowest BCUT2D eigenvalue weighted by atomic mass is 9.67. The van der Waals surface area contributed by atoms with Crippen molar-refractivity contribution in [2.75, 3.05) is 11.5 Å². The molecule has 38 heavy (non-hydrogen) atoms. The highest BCUT2D eigenvalue weighted by atomic mass is 16.5. The molecule has 0 spiro atoms. The van der Waals surface area contributed by atoms with Crippen LogP contribution in [0.2, 0.25) is 0 Å². The smallest absolute Gasteiger partial charge is 0.240 e. The lowest BCUT2D eigenvalue weighted by Crippen LogP contribution is -2.43. The molecule has 3 aliphatic heterocycles. The van der Waals surface area contributed by atoms with Crippen molar-refractivity contribution >= 4 is 39.2 Å². The van der Waals surface area contributed by atoms with Crippen LogP contribution >= 0.6 is 0 Å². The first-order valence-electron chi connectivity index (χ1n) is 12.9. The number of anilines is 1. The fourth-order valence-corrected chi connectivity index (χ4v) is 6.91. The first-order chi connectivity index (χ1) is 18.4. The van der Waals surface area contributed by atoms with E-state index in [0.29, 0.717) is 30.7 Å². The van der Waals surface area contributed by atoms with Crippen LogP contribution in [0.5, 0.6) is 5.75 Å². The Hall–Kier alpha value is -4.28. The molecule has 7 heteroatoms. The van der Waals surface area contributed by atoms with Gasteiger partial charge < -0.3 is 9.47 Å². The Labute approximate surface area is 219 Å². The molecular formula is C31H25N3O4. The van der Waals surface area contributed by atoms with Crippen molar-refractivity contribution in [3.8, 4) is 11.8 Å². The maximum absolute atomic E-state index is 14.0. The van der Waals surface area contributed by atoms with Gasteiger partial charge in [0, 0.05) is 28.8 Å². The molecule has 4 aromatic rings. The van der Waals surface area contributed by atoms with E-state index >= 15 is 0 Å². The molecule has 3 fully saturated rings. The van der Waals surface area contributed by atoms with E-state index in [-0.39, 0.29) is 11.8 Å².